The summed E-state index contributed by atoms with van der Waals surface area (Å²) >= 11 is 0. The van der Waals surface area contributed by atoms with Gasteiger partial charge in [0, 0.05) is 6.54 Å². The molecule has 1 amide bonds. The van der Waals surface area contributed by atoms with Crippen LogP contribution in [0.15, 0.2) is 0 Å². The largest absolute Gasteiger partial charge is 0.326 e. The molecule has 0 aromatic heterocycles. The molecule has 3 atom stereocenters. The lowest BCUT2D eigenvalue weighted by molar-refractivity contribution is -0.132. The van der Waals surface area contributed by atoms with E-state index in [-0.39, 0.29) is 12.2 Å². The Balaban J connectivity index is 2.83. The number of nitrogens with one attached hydrogen (secondary N) is 1. The third-order valence-electron chi connectivity index (χ3n) is 5.02. The number of rotatable bonds is 7. The summed E-state index contributed by atoms with van der Waals surface area (Å²) in [5.41, 5.74) is 0. The van der Waals surface area contributed by atoms with Crippen molar-refractivity contribution in [3.8, 4) is 0 Å². The predicted octanol–water partition coefficient (Wildman–Crippen LogP) is 3.50. The maximum atomic E-state index is 12.7. The van der Waals surface area contributed by atoms with E-state index in [4.69, 9.17) is 0 Å². The zero-order chi connectivity index (χ0) is 15.4. The summed E-state index contributed by atoms with van der Waals surface area (Å²) in [6, 6.07) is 0.0184. The van der Waals surface area contributed by atoms with E-state index in [0.717, 1.165) is 19.4 Å². The number of amides is 1. The molecule has 0 radical (unpaired) electrons. The number of hydrogen-bond acceptors (Lipinski definition) is 2. The number of nitrogens with zero attached hydrogens (tertiary/aromatic N) is 1. The topological polar surface area (TPSA) is 32.3 Å². The molecule has 0 aliphatic carbocycles. The van der Waals surface area contributed by atoms with Gasteiger partial charge in [0.25, 0.3) is 0 Å². The zero-order valence-electron chi connectivity index (χ0n) is 14.4. The number of carbonyl (C=O) groups excluding carboxylic acids is 1. The maximum Gasteiger partial charge on any atom is 0.241 e. The first-order valence-corrected chi connectivity index (χ1v) is 8.39. The van der Waals surface area contributed by atoms with Crippen LogP contribution in [0, 0.1) is 23.7 Å². The third-order valence-corrected chi connectivity index (χ3v) is 5.02. The van der Waals surface area contributed by atoms with E-state index in [1.807, 2.05) is 0 Å². The van der Waals surface area contributed by atoms with Crippen molar-refractivity contribution in [3.63, 3.8) is 0 Å². The molecule has 0 aromatic rings. The molecule has 1 fully saturated rings. The van der Waals surface area contributed by atoms with Crippen molar-refractivity contribution >= 4 is 5.91 Å². The van der Waals surface area contributed by atoms with E-state index in [2.05, 4.69) is 58.7 Å². The van der Waals surface area contributed by atoms with E-state index in [1.54, 1.807) is 0 Å². The Morgan fingerprint density at radius 2 is 1.65 bits per heavy atom. The zero-order valence-corrected chi connectivity index (χ0v) is 14.4. The molecule has 0 bridgehead atoms. The molecule has 3 heteroatoms. The third kappa shape index (κ3) is 3.75. The van der Waals surface area contributed by atoms with Crippen LogP contribution in [-0.2, 0) is 4.79 Å². The molecule has 3 unspecified atom stereocenters. The van der Waals surface area contributed by atoms with Gasteiger partial charge in [-0.1, -0.05) is 54.9 Å². The van der Waals surface area contributed by atoms with Gasteiger partial charge in [0.1, 0.15) is 0 Å². The summed E-state index contributed by atoms with van der Waals surface area (Å²) in [7, 11) is 0. The minimum atomic E-state index is 0.0184. The minimum absolute atomic E-state index is 0.0184. The predicted molar refractivity (Wildman–Crippen MR) is 85.3 cm³/mol. The molecule has 1 aliphatic heterocycles. The van der Waals surface area contributed by atoms with Gasteiger partial charge in [0.15, 0.2) is 0 Å². The molecule has 1 saturated heterocycles. The van der Waals surface area contributed by atoms with Gasteiger partial charge in [-0.2, -0.15) is 0 Å². The first kappa shape index (κ1) is 17.5. The van der Waals surface area contributed by atoms with Crippen LogP contribution in [0.2, 0.25) is 0 Å². The van der Waals surface area contributed by atoms with Crippen LogP contribution in [-0.4, -0.2) is 29.6 Å². The molecular formula is C17H34N2O. The van der Waals surface area contributed by atoms with Crippen molar-refractivity contribution in [1.29, 1.82) is 0 Å². The molecule has 20 heavy (non-hydrogen) atoms. The van der Waals surface area contributed by atoms with Gasteiger partial charge in [-0.15, -0.1) is 0 Å². The van der Waals surface area contributed by atoms with Crippen molar-refractivity contribution in [2.45, 2.75) is 73.5 Å². The van der Waals surface area contributed by atoms with Crippen LogP contribution in [0.25, 0.3) is 0 Å². The molecule has 0 saturated carbocycles. The smallest absolute Gasteiger partial charge is 0.241 e. The van der Waals surface area contributed by atoms with Gasteiger partial charge in [0.05, 0.1) is 12.2 Å². The Morgan fingerprint density at radius 3 is 2.05 bits per heavy atom. The molecule has 1 N–H and O–H groups in total. The lowest BCUT2D eigenvalue weighted by Gasteiger charge is -2.32. The van der Waals surface area contributed by atoms with Gasteiger partial charge in [-0.25, -0.2) is 0 Å². The average Bonchev–Trinajstić information content (AvgIpc) is 2.70. The van der Waals surface area contributed by atoms with Crippen LogP contribution in [0.4, 0.5) is 0 Å². The molecule has 1 heterocycles. The molecule has 1 rings (SSSR count). The van der Waals surface area contributed by atoms with Crippen molar-refractivity contribution in [1.82, 2.24) is 10.2 Å². The highest BCUT2D eigenvalue weighted by molar-refractivity contribution is 5.84. The Bertz CT molecular complexity index is 306. The van der Waals surface area contributed by atoms with Gasteiger partial charge in [-0.3, -0.25) is 10.1 Å². The Kier molecular flexibility index (Phi) is 6.50. The highest BCUT2D eigenvalue weighted by Gasteiger charge is 2.41. The van der Waals surface area contributed by atoms with E-state index in [9.17, 15) is 4.79 Å². The van der Waals surface area contributed by atoms with Crippen LogP contribution in [0.5, 0.6) is 0 Å². The van der Waals surface area contributed by atoms with Gasteiger partial charge in [0.2, 0.25) is 5.91 Å². The summed E-state index contributed by atoms with van der Waals surface area (Å²) in [5, 5.41) is 3.55. The van der Waals surface area contributed by atoms with Crippen LogP contribution >= 0.6 is 0 Å². The van der Waals surface area contributed by atoms with Gasteiger partial charge < -0.3 is 4.90 Å². The van der Waals surface area contributed by atoms with E-state index < -0.39 is 0 Å². The quantitative estimate of drug-likeness (QED) is 0.775. The standard InChI is InChI=1S/C17H34N2O/c1-8-13(7)16-17(20)19(15(9-2)18-16)10-14(11(3)4)12(5)6/h11-16,18H,8-10H2,1-7H3. The Labute approximate surface area is 125 Å². The molecule has 0 aromatic carbocycles. The fraction of sp³-hybridized carbons (Fsp3) is 0.941. The fourth-order valence-corrected chi connectivity index (χ4v) is 3.32. The Morgan fingerprint density at radius 1 is 1.10 bits per heavy atom. The summed E-state index contributed by atoms with van der Waals surface area (Å²) < 4.78 is 0. The molecular weight excluding hydrogens is 248 g/mol. The number of hydrogen-bond donors (Lipinski definition) is 1. The van der Waals surface area contributed by atoms with Crippen molar-refractivity contribution in [2.24, 2.45) is 23.7 Å². The fourth-order valence-electron chi connectivity index (χ4n) is 3.32. The second-order valence-electron chi connectivity index (χ2n) is 7.10. The van der Waals surface area contributed by atoms with Crippen LogP contribution < -0.4 is 5.32 Å². The van der Waals surface area contributed by atoms with E-state index in [1.165, 1.54) is 0 Å². The Hall–Kier alpha value is -0.570. The van der Waals surface area contributed by atoms with Crippen LogP contribution in [0.1, 0.15) is 61.3 Å². The first-order valence-electron chi connectivity index (χ1n) is 8.39. The lowest BCUT2D eigenvalue weighted by atomic mass is 9.85. The lowest BCUT2D eigenvalue weighted by Crippen LogP contribution is -2.42. The van der Waals surface area contributed by atoms with Crippen LogP contribution in [0.3, 0.4) is 0 Å². The first-order chi connectivity index (χ1) is 9.33. The molecule has 1 aliphatic rings. The van der Waals surface area contributed by atoms with Gasteiger partial charge in [-0.05, 0) is 30.1 Å². The van der Waals surface area contributed by atoms with Crippen molar-refractivity contribution in [2.75, 3.05) is 6.54 Å². The highest BCUT2D eigenvalue weighted by atomic mass is 16.2. The van der Waals surface area contributed by atoms with Gasteiger partial charge >= 0.3 is 0 Å². The van der Waals surface area contributed by atoms with E-state index in [0.29, 0.717) is 29.6 Å². The maximum absolute atomic E-state index is 12.7. The summed E-state index contributed by atoms with van der Waals surface area (Å²) in [6.07, 6.45) is 2.26. The van der Waals surface area contributed by atoms with Crippen molar-refractivity contribution in [3.05, 3.63) is 0 Å². The average molecular weight is 282 g/mol. The SMILES string of the molecule is CCC(C)C1NC(CC)N(CC(C(C)C)C(C)C)C1=O. The normalized spacial score (nSPS) is 25.3. The summed E-state index contributed by atoms with van der Waals surface area (Å²) in [4.78, 5) is 14.8. The number of carbonyl (C=O) groups is 1. The summed E-state index contributed by atoms with van der Waals surface area (Å²) in [5.74, 6) is 2.53. The highest BCUT2D eigenvalue weighted by Crippen LogP contribution is 2.27. The van der Waals surface area contributed by atoms with Crippen molar-refractivity contribution < 1.29 is 4.79 Å². The molecule has 0 spiro atoms. The monoisotopic (exact) mass is 282 g/mol. The second-order valence-corrected chi connectivity index (χ2v) is 7.10. The molecule has 3 nitrogen and oxygen atoms in total. The molecule has 118 valence electrons. The summed E-state index contributed by atoms with van der Waals surface area (Å²) in [6.45, 7) is 16.5. The van der Waals surface area contributed by atoms with E-state index >= 15 is 0 Å². The second kappa shape index (κ2) is 7.44. The minimum Gasteiger partial charge on any atom is -0.326 e.